The molecule has 0 unspecified atom stereocenters. The first kappa shape index (κ1) is 24.4. The largest absolute Gasteiger partial charge is 0.447 e. The molecule has 3 aliphatic carbocycles. The molecule has 8 atom stereocenters. The molecule has 1 aromatic rings. The van der Waals surface area contributed by atoms with Gasteiger partial charge in [0, 0.05) is 18.1 Å². The summed E-state index contributed by atoms with van der Waals surface area (Å²) in [4.78, 5) is 27.3. The van der Waals surface area contributed by atoms with Crippen LogP contribution in [-0.2, 0) is 19.1 Å². The third kappa shape index (κ3) is 4.00. The van der Waals surface area contributed by atoms with Gasteiger partial charge >= 0.3 is 5.97 Å². The second-order valence-electron chi connectivity index (χ2n) is 11.8. The summed E-state index contributed by atoms with van der Waals surface area (Å²) in [5, 5.41) is 21.5. The van der Waals surface area contributed by atoms with Crippen LogP contribution in [0.25, 0.3) is 6.08 Å². The van der Waals surface area contributed by atoms with Crippen molar-refractivity contribution in [1.29, 1.82) is 0 Å². The van der Waals surface area contributed by atoms with Crippen LogP contribution in [0.3, 0.4) is 0 Å². The van der Waals surface area contributed by atoms with Crippen molar-refractivity contribution < 1.29 is 29.3 Å². The minimum atomic E-state index is -1.59. The van der Waals surface area contributed by atoms with E-state index in [1.165, 1.54) is 6.08 Å². The third-order valence-corrected chi connectivity index (χ3v) is 9.19. The second-order valence-corrected chi connectivity index (χ2v) is 11.8. The summed E-state index contributed by atoms with van der Waals surface area (Å²) in [6.07, 6.45) is 5.56. The van der Waals surface area contributed by atoms with Crippen molar-refractivity contribution in [2.75, 3.05) is 6.61 Å². The molecule has 2 saturated carbocycles. The lowest BCUT2D eigenvalue weighted by Gasteiger charge is -2.34. The van der Waals surface area contributed by atoms with E-state index in [1.54, 1.807) is 6.08 Å². The highest BCUT2D eigenvalue weighted by Gasteiger charge is 2.71. The topological polar surface area (TPSA) is 96.4 Å². The zero-order valence-electron chi connectivity index (χ0n) is 20.9. The number of Topliss-reactive ketones (excluding diaryl/α,β-unsaturated/α-hetero) is 1. The van der Waals surface area contributed by atoms with Crippen molar-refractivity contribution in [2.45, 2.75) is 70.4 Å². The summed E-state index contributed by atoms with van der Waals surface area (Å²) in [6, 6.07) is 9.38. The number of epoxide rings is 1. The van der Waals surface area contributed by atoms with Gasteiger partial charge in [-0.05, 0) is 54.6 Å². The smallest absolute Gasteiger partial charge is 0.331 e. The van der Waals surface area contributed by atoms with E-state index < -0.39 is 47.7 Å². The first-order valence-corrected chi connectivity index (χ1v) is 12.7. The SMILES string of the molecule is C[C@H]1C[C@]2(OC(=O)/C=C/c3ccccc3)C(=O)/C(CO)=C\[C@@H]3[C@H](CC[C@]4(C)O[C@H]4[C@H]2[C@H]1O)C3(C)C. The summed E-state index contributed by atoms with van der Waals surface area (Å²) in [5.74, 6) is -1.45. The number of aliphatic hydroxyl groups is 2. The number of rotatable bonds is 4. The fraction of sp³-hybridized carbons (Fsp3) is 0.586. The molecule has 188 valence electrons. The molecule has 0 radical (unpaired) electrons. The van der Waals surface area contributed by atoms with Crippen LogP contribution in [0.1, 0.15) is 52.5 Å². The maximum Gasteiger partial charge on any atom is 0.331 e. The van der Waals surface area contributed by atoms with E-state index in [9.17, 15) is 19.8 Å². The van der Waals surface area contributed by atoms with Crippen molar-refractivity contribution in [3.05, 3.63) is 53.6 Å². The number of benzene rings is 1. The lowest BCUT2D eigenvalue weighted by atomic mass is 9.77. The van der Waals surface area contributed by atoms with E-state index in [1.807, 2.05) is 50.3 Å². The molecule has 1 aliphatic heterocycles. The summed E-state index contributed by atoms with van der Waals surface area (Å²) >= 11 is 0. The molecule has 5 rings (SSSR count). The van der Waals surface area contributed by atoms with Gasteiger partial charge in [-0.3, -0.25) is 4.79 Å². The first-order valence-electron chi connectivity index (χ1n) is 12.7. The number of hydrogen-bond donors (Lipinski definition) is 2. The molecule has 1 heterocycles. The van der Waals surface area contributed by atoms with E-state index in [4.69, 9.17) is 9.47 Å². The summed E-state index contributed by atoms with van der Waals surface area (Å²) in [7, 11) is 0. The minimum Gasteiger partial charge on any atom is -0.447 e. The minimum absolute atomic E-state index is 0.0325. The highest BCUT2D eigenvalue weighted by molar-refractivity contribution is 6.04. The van der Waals surface area contributed by atoms with Gasteiger partial charge in [0.1, 0.15) is 0 Å². The van der Waals surface area contributed by atoms with Gasteiger partial charge in [-0.2, -0.15) is 0 Å². The van der Waals surface area contributed by atoms with Crippen molar-refractivity contribution in [2.24, 2.45) is 29.1 Å². The van der Waals surface area contributed by atoms with E-state index in [2.05, 4.69) is 13.8 Å². The normalized spacial score (nSPS) is 43.3. The molecule has 0 spiro atoms. The monoisotopic (exact) mass is 480 g/mol. The Morgan fingerprint density at radius 3 is 2.63 bits per heavy atom. The molecule has 3 fully saturated rings. The number of carbonyl (C=O) groups excluding carboxylic acids is 2. The van der Waals surface area contributed by atoms with E-state index >= 15 is 0 Å². The van der Waals surface area contributed by atoms with E-state index in [0.717, 1.165) is 18.4 Å². The molecule has 1 saturated heterocycles. The van der Waals surface area contributed by atoms with Crippen molar-refractivity contribution >= 4 is 17.8 Å². The molecule has 2 N–H and O–H groups in total. The zero-order valence-corrected chi connectivity index (χ0v) is 20.9. The Bertz CT molecular complexity index is 1070. The van der Waals surface area contributed by atoms with Gasteiger partial charge in [-0.25, -0.2) is 4.79 Å². The van der Waals surface area contributed by atoms with Gasteiger partial charge in [-0.15, -0.1) is 0 Å². The second kappa shape index (κ2) is 8.39. The standard InChI is InChI=1S/C29H36O6/c1-17-15-29(34-22(31)11-10-18-8-6-5-7-9-18)23(24(17)32)26-28(4,35-26)13-12-20-21(27(20,2)3)14-19(16-30)25(29)33/h5-11,14,17,20-21,23-24,26,30,32H,12-13,15-16H2,1-4H3/b11-10+,19-14-/t17-,20-,21+,23+,24-,26-,28-,29+/m0/s1. The van der Waals surface area contributed by atoms with Gasteiger partial charge in [-0.1, -0.05) is 57.2 Å². The van der Waals surface area contributed by atoms with Gasteiger partial charge in [0.2, 0.25) is 5.78 Å². The van der Waals surface area contributed by atoms with Crippen molar-refractivity contribution in [3.63, 3.8) is 0 Å². The van der Waals surface area contributed by atoms with Crippen LogP contribution < -0.4 is 0 Å². The lowest BCUT2D eigenvalue weighted by Crippen LogP contribution is -2.52. The van der Waals surface area contributed by atoms with Gasteiger partial charge < -0.3 is 19.7 Å². The average molecular weight is 481 g/mol. The number of ether oxygens (including phenoxy) is 2. The maximum atomic E-state index is 14.2. The third-order valence-electron chi connectivity index (χ3n) is 9.19. The van der Waals surface area contributed by atoms with Crippen LogP contribution in [0.4, 0.5) is 0 Å². The van der Waals surface area contributed by atoms with Crippen molar-refractivity contribution in [1.82, 2.24) is 0 Å². The van der Waals surface area contributed by atoms with Crippen LogP contribution in [-0.4, -0.2) is 52.0 Å². The predicted octanol–water partition coefficient (Wildman–Crippen LogP) is 3.71. The Morgan fingerprint density at radius 1 is 1.23 bits per heavy atom. The molecule has 4 aliphatic rings. The van der Waals surface area contributed by atoms with Crippen LogP contribution in [0, 0.1) is 29.1 Å². The number of fused-ring (bicyclic) bond motifs is 4. The Balaban J connectivity index is 1.55. The maximum absolute atomic E-state index is 14.2. The predicted molar refractivity (Wildman–Crippen MR) is 131 cm³/mol. The van der Waals surface area contributed by atoms with Crippen LogP contribution in [0.5, 0.6) is 0 Å². The number of hydrogen-bond acceptors (Lipinski definition) is 6. The summed E-state index contributed by atoms with van der Waals surface area (Å²) in [6.45, 7) is 7.84. The molecule has 0 bridgehead atoms. The zero-order chi connectivity index (χ0) is 25.2. The van der Waals surface area contributed by atoms with Crippen molar-refractivity contribution in [3.8, 4) is 0 Å². The molecule has 6 nitrogen and oxygen atoms in total. The molecule has 35 heavy (non-hydrogen) atoms. The first-order chi connectivity index (χ1) is 16.5. The Hall–Kier alpha value is -2.28. The molecule has 0 amide bonds. The number of allylic oxidation sites excluding steroid dienone is 1. The van der Waals surface area contributed by atoms with Crippen LogP contribution in [0.2, 0.25) is 0 Å². The van der Waals surface area contributed by atoms with E-state index in [-0.39, 0.29) is 29.2 Å². The fourth-order valence-electron chi connectivity index (χ4n) is 6.84. The molecule has 6 heteroatoms. The van der Waals surface area contributed by atoms with Gasteiger partial charge in [0.15, 0.2) is 5.60 Å². The quantitative estimate of drug-likeness (QED) is 0.388. The number of carbonyl (C=O) groups is 2. The molecular formula is C29H36O6. The fourth-order valence-corrected chi connectivity index (χ4v) is 6.84. The summed E-state index contributed by atoms with van der Waals surface area (Å²) < 4.78 is 12.3. The highest BCUT2D eigenvalue weighted by atomic mass is 16.6. The number of aliphatic hydroxyl groups excluding tert-OH is 2. The summed E-state index contributed by atoms with van der Waals surface area (Å²) in [5.41, 5.74) is -0.929. The van der Waals surface area contributed by atoms with Crippen LogP contribution >= 0.6 is 0 Å². The average Bonchev–Trinajstić information content (AvgIpc) is 3.60. The van der Waals surface area contributed by atoms with Crippen LogP contribution in [0.15, 0.2) is 48.1 Å². The molecule has 0 aromatic heterocycles. The Labute approximate surface area is 207 Å². The number of ketones is 1. The number of esters is 1. The molecular weight excluding hydrogens is 444 g/mol. The Kier molecular flexibility index (Phi) is 5.86. The Morgan fingerprint density at radius 2 is 1.94 bits per heavy atom. The van der Waals surface area contributed by atoms with Gasteiger partial charge in [0.25, 0.3) is 0 Å². The lowest BCUT2D eigenvalue weighted by molar-refractivity contribution is -0.168. The molecule has 1 aromatic carbocycles. The van der Waals surface area contributed by atoms with E-state index in [0.29, 0.717) is 5.92 Å². The van der Waals surface area contributed by atoms with Gasteiger partial charge in [0.05, 0.1) is 30.3 Å². The highest BCUT2D eigenvalue weighted by Crippen LogP contribution is 2.64.